The van der Waals surface area contributed by atoms with Crippen LogP contribution in [0.2, 0.25) is 0 Å². The van der Waals surface area contributed by atoms with E-state index in [-0.39, 0.29) is 12.1 Å². The summed E-state index contributed by atoms with van der Waals surface area (Å²) in [6.45, 7) is 5.80. The molecule has 5 heteroatoms. The lowest BCUT2D eigenvalue weighted by atomic mass is 10.2. The van der Waals surface area contributed by atoms with Crippen molar-refractivity contribution >= 4 is 5.97 Å². The molecule has 1 aromatic rings. The van der Waals surface area contributed by atoms with Crippen molar-refractivity contribution in [3.8, 4) is 0 Å². The molecule has 1 atom stereocenters. The van der Waals surface area contributed by atoms with Gasteiger partial charge in [-0.05, 0) is 20.8 Å². The monoisotopic (exact) mass is 239 g/mol. The van der Waals surface area contributed by atoms with Crippen LogP contribution in [0, 0.1) is 0 Å². The van der Waals surface area contributed by atoms with Gasteiger partial charge in [-0.2, -0.15) is 0 Å². The molecule has 0 saturated carbocycles. The fourth-order valence-corrected chi connectivity index (χ4v) is 1.33. The maximum absolute atomic E-state index is 11.3. The molecule has 1 rings (SSSR count). The van der Waals surface area contributed by atoms with Gasteiger partial charge < -0.3 is 14.3 Å². The van der Waals surface area contributed by atoms with Crippen LogP contribution in [0.5, 0.6) is 0 Å². The molecule has 1 unspecified atom stereocenters. The number of carbonyl (C=O) groups is 1. The predicted octanol–water partition coefficient (Wildman–Crippen LogP) is 1.72. The first-order chi connectivity index (χ1) is 8.02. The number of oxazole rings is 1. The molecule has 94 valence electrons. The molecule has 17 heavy (non-hydrogen) atoms. The van der Waals surface area contributed by atoms with Gasteiger partial charge in [0.25, 0.3) is 0 Å². The molecule has 5 nitrogen and oxygen atoms in total. The molecule has 0 spiro atoms. The fourth-order valence-electron chi connectivity index (χ4n) is 1.33. The SMILES string of the molecule is CCOC(=O)c1coc(CC(O)C=C(C)C)n1. The number of allylic oxidation sites excluding steroid dienone is 1. The van der Waals surface area contributed by atoms with E-state index in [0.29, 0.717) is 12.5 Å². The Morgan fingerprint density at radius 1 is 1.65 bits per heavy atom. The minimum atomic E-state index is -0.659. The summed E-state index contributed by atoms with van der Waals surface area (Å²) in [6.07, 6.45) is 2.52. The molecular weight excluding hydrogens is 222 g/mol. The first kappa shape index (κ1) is 13.4. The molecule has 0 amide bonds. The lowest BCUT2D eigenvalue weighted by molar-refractivity contribution is 0.0519. The average Bonchev–Trinajstić information content (AvgIpc) is 2.65. The van der Waals surface area contributed by atoms with Crippen LogP contribution in [0.25, 0.3) is 0 Å². The van der Waals surface area contributed by atoms with E-state index in [1.165, 1.54) is 6.26 Å². The van der Waals surface area contributed by atoms with Crippen molar-refractivity contribution in [1.29, 1.82) is 0 Å². The Morgan fingerprint density at radius 3 is 2.94 bits per heavy atom. The number of ether oxygens (including phenoxy) is 1. The third-order valence-corrected chi connectivity index (χ3v) is 1.95. The first-order valence-corrected chi connectivity index (χ1v) is 5.47. The van der Waals surface area contributed by atoms with Gasteiger partial charge in [-0.1, -0.05) is 11.6 Å². The van der Waals surface area contributed by atoms with Crippen molar-refractivity contribution in [2.45, 2.75) is 33.3 Å². The summed E-state index contributed by atoms with van der Waals surface area (Å²) in [6, 6.07) is 0. The number of aromatic nitrogens is 1. The lowest BCUT2D eigenvalue weighted by Crippen LogP contribution is -2.09. The quantitative estimate of drug-likeness (QED) is 0.625. The smallest absolute Gasteiger partial charge is 0.360 e. The largest absolute Gasteiger partial charge is 0.461 e. The van der Waals surface area contributed by atoms with Crippen LogP contribution in [0.4, 0.5) is 0 Å². The topological polar surface area (TPSA) is 72.6 Å². The second kappa shape index (κ2) is 6.20. The third kappa shape index (κ3) is 4.40. The number of esters is 1. The minimum Gasteiger partial charge on any atom is -0.461 e. The average molecular weight is 239 g/mol. The minimum absolute atomic E-state index is 0.131. The first-order valence-electron chi connectivity index (χ1n) is 5.47. The van der Waals surface area contributed by atoms with Gasteiger partial charge in [-0.15, -0.1) is 0 Å². The lowest BCUT2D eigenvalue weighted by Gasteiger charge is -2.02. The second-order valence-electron chi connectivity index (χ2n) is 3.86. The van der Waals surface area contributed by atoms with Crippen molar-refractivity contribution in [2.75, 3.05) is 6.61 Å². The number of hydrogen-bond acceptors (Lipinski definition) is 5. The third-order valence-electron chi connectivity index (χ3n) is 1.95. The summed E-state index contributed by atoms with van der Waals surface area (Å²) >= 11 is 0. The van der Waals surface area contributed by atoms with E-state index in [4.69, 9.17) is 9.15 Å². The van der Waals surface area contributed by atoms with Gasteiger partial charge >= 0.3 is 5.97 Å². The van der Waals surface area contributed by atoms with Gasteiger partial charge in [0.2, 0.25) is 0 Å². The number of rotatable bonds is 5. The maximum Gasteiger partial charge on any atom is 0.360 e. The highest BCUT2D eigenvalue weighted by Crippen LogP contribution is 2.08. The zero-order valence-corrected chi connectivity index (χ0v) is 10.3. The van der Waals surface area contributed by atoms with Crippen LogP contribution < -0.4 is 0 Å². The number of aliphatic hydroxyl groups is 1. The van der Waals surface area contributed by atoms with E-state index in [2.05, 4.69) is 4.98 Å². The highest BCUT2D eigenvalue weighted by Gasteiger charge is 2.14. The Balaban J connectivity index is 2.62. The molecule has 0 aliphatic rings. The summed E-state index contributed by atoms with van der Waals surface area (Å²) in [5, 5.41) is 9.63. The summed E-state index contributed by atoms with van der Waals surface area (Å²) in [5.41, 5.74) is 1.14. The molecule has 0 bridgehead atoms. The Hall–Kier alpha value is -1.62. The van der Waals surface area contributed by atoms with E-state index >= 15 is 0 Å². The van der Waals surface area contributed by atoms with Crippen molar-refractivity contribution in [3.05, 3.63) is 29.5 Å². The Labute approximate surface area is 100 Å². The van der Waals surface area contributed by atoms with Gasteiger partial charge in [0.15, 0.2) is 11.6 Å². The van der Waals surface area contributed by atoms with E-state index in [1.54, 1.807) is 13.0 Å². The van der Waals surface area contributed by atoms with Crippen molar-refractivity contribution in [1.82, 2.24) is 4.98 Å². The molecule has 1 heterocycles. The van der Waals surface area contributed by atoms with Gasteiger partial charge in [-0.25, -0.2) is 9.78 Å². The summed E-state index contributed by atoms with van der Waals surface area (Å²) in [7, 11) is 0. The highest BCUT2D eigenvalue weighted by atomic mass is 16.5. The highest BCUT2D eigenvalue weighted by molar-refractivity contribution is 5.86. The molecule has 0 aromatic carbocycles. The molecular formula is C12H17NO4. The summed E-state index contributed by atoms with van der Waals surface area (Å²) in [5.74, 6) is -0.197. The van der Waals surface area contributed by atoms with Crippen LogP contribution in [0.3, 0.4) is 0 Å². The second-order valence-corrected chi connectivity index (χ2v) is 3.86. The van der Waals surface area contributed by atoms with Gasteiger partial charge in [0, 0.05) is 0 Å². The summed E-state index contributed by atoms with van der Waals surface area (Å²) in [4.78, 5) is 15.2. The van der Waals surface area contributed by atoms with Gasteiger partial charge in [0.05, 0.1) is 19.1 Å². The molecule has 1 N–H and O–H groups in total. The molecule has 0 aliphatic heterocycles. The zero-order chi connectivity index (χ0) is 12.8. The van der Waals surface area contributed by atoms with Crippen LogP contribution in [-0.4, -0.2) is 28.8 Å². The Bertz CT molecular complexity index is 404. The molecule has 0 fully saturated rings. The Morgan fingerprint density at radius 2 is 2.35 bits per heavy atom. The molecule has 0 saturated heterocycles. The Kier molecular flexibility index (Phi) is 4.90. The number of carbonyl (C=O) groups excluding carboxylic acids is 1. The van der Waals surface area contributed by atoms with Crippen LogP contribution >= 0.6 is 0 Å². The zero-order valence-electron chi connectivity index (χ0n) is 10.3. The van der Waals surface area contributed by atoms with Crippen LogP contribution in [0.1, 0.15) is 37.2 Å². The molecule has 0 radical (unpaired) electrons. The van der Waals surface area contributed by atoms with E-state index < -0.39 is 12.1 Å². The number of nitrogens with zero attached hydrogens (tertiary/aromatic N) is 1. The summed E-state index contributed by atoms with van der Waals surface area (Å²) < 4.78 is 9.86. The number of hydrogen-bond donors (Lipinski definition) is 1. The molecule has 1 aromatic heterocycles. The molecule has 0 aliphatic carbocycles. The predicted molar refractivity (Wildman–Crippen MR) is 61.6 cm³/mol. The normalized spacial score (nSPS) is 12.0. The van der Waals surface area contributed by atoms with E-state index in [1.807, 2.05) is 13.8 Å². The van der Waals surface area contributed by atoms with Gasteiger partial charge in [0.1, 0.15) is 6.26 Å². The van der Waals surface area contributed by atoms with Crippen molar-refractivity contribution < 1.29 is 19.1 Å². The van der Waals surface area contributed by atoms with E-state index in [0.717, 1.165) is 5.57 Å². The van der Waals surface area contributed by atoms with Crippen LogP contribution in [0.15, 0.2) is 22.3 Å². The van der Waals surface area contributed by atoms with Crippen molar-refractivity contribution in [3.63, 3.8) is 0 Å². The van der Waals surface area contributed by atoms with E-state index in [9.17, 15) is 9.90 Å². The van der Waals surface area contributed by atoms with Crippen molar-refractivity contribution in [2.24, 2.45) is 0 Å². The maximum atomic E-state index is 11.3. The standard InChI is InChI=1S/C12H17NO4/c1-4-16-12(15)10-7-17-11(13-10)6-9(14)5-8(2)3/h5,7,9,14H,4,6H2,1-3H3. The fraction of sp³-hybridized carbons (Fsp3) is 0.500. The number of aliphatic hydroxyl groups excluding tert-OH is 1. The van der Waals surface area contributed by atoms with Gasteiger partial charge in [-0.3, -0.25) is 0 Å². The van der Waals surface area contributed by atoms with Crippen LogP contribution in [-0.2, 0) is 11.2 Å².